The summed E-state index contributed by atoms with van der Waals surface area (Å²) in [6.45, 7) is 2.72. The summed E-state index contributed by atoms with van der Waals surface area (Å²) in [5, 5.41) is 2.38. The van der Waals surface area contributed by atoms with Gasteiger partial charge >= 0.3 is 6.03 Å². The monoisotopic (exact) mass is 280 g/mol. The molecular formula is C14H17ClN2O2. The van der Waals surface area contributed by atoms with Gasteiger partial charge in [0.05, 0.1) is 0 Å². The number of para-hydroxylation sites is 1. The average Bonchev–Trinajstić information content (AvgIpc) is 2.37. The molecule has 0 bridgehead atoms. The molecule has 0 aliphatic carbocycles. The zero-order chi connectivity index (χ0) is 13.8. The maximum atomic E-state index is 12.1. The highest BCUT2D eigenvalue weighted by atomic mass is 35.5. The van der Waals surface area contributed by atoms with Crippen LogP contribution in [-0.4, -0.2) is 24.4 Å². The number of nitrogens with one attached hydrogen (secondary N) is 1. The number of carbonyl (C=O) groups excluding carboxylic acids is 2. The highest BCUT2D eigenvalue weighted by Crippen LogP contribution is 2.29. The quantitative estimate of drug-likeness (QED) is 0.847. The lowest BCUT2D eigenvalue weighted by Gasteiger charge is -2.32. The Balaban J connectivity index is 2.16. The molecule has 0 spiro atoms. The van der Waals surface area contributed by atoms with Crippen molar-refractivity contribution in [2.24, 2.45) is 5.92 Å². The first-order valence-electron chi connectivity index (χ1n) is 6.37. The van der Waals surface area contributed by atoms with Gasteiger partial charge in [0, 0.05) is 24.5 Å². The van der Waals surface area contributed by atoms with Crippen molar-refractivity contribution in [2.75, 3.05) is 17.3 Å². The molecule has 1 aliphatic heterocycles. The Bertz CT molecular complexity index is 490. The SMILES string of the molecule is CC1Cc2ccccc2N(C(=O)NC(=O)CCCl)C1. The van der Waals surface area contributed by atoms with Gasteiger partial charge in [0.2, 0.25) is 5.91 Å². The first-order valence-corrected chi connectivity index (χ1v) is 6.90. The van der Waals surface area contributed by atoms with Gasteiger partial charge in [-0.25, -0.2) is 4.79 Å². The van der Waals surface area contributed by atoms with E-state index in [0.717, 1.165) is 17.7 Å². The number of hydrogen-bond donors (Lipinski definition) is 1. The molecule has 1 N–H and O–H groups in total. The van der Waals surface area contributed by atoms with Crippen LogP contribution in [0.25, 0.3) is 0 Å². The summed E-state index contributed by atoms with van der Waals surface area (Å²) in [4.78, 5) is 25.2. The number of amides is 3. The molecule has 4 nitrogen and oxygen atoms in total. The van der Waals surface area contributed by atoms with Gasteiger partial charge in [-0.2, -0.15) is 0 Å². The van der Waals surface area contributed by atoms with E-state index in [2.05, 4.69) is 12.2 Å². The van der Waals surface area contributed by atoms with E-state index >= 15 is 0 Å². The maximum absolute atomic E-state index is 12.1. The number of carbonyl (C=O) groups is 2. The lowest BCUT2D eigenvalue weighted by Crippen LogP contribution is -2.47. The number of nitrogens with zero attached hydrogens (tertiary/aromatic N) is 1. The van der Waals surface area contributed by atoms with E-state index in [0.29, 0.717) is 12.5 Å². The Morgan fingerprint density at radius 2 is 2.16 bits per heavy atom. The number of fused-ring (bicyclic) bond motifs is 1. The van der Waals surface area contributed by atoms with Crippen LogP contribution in [0, 0.1) is 5.92 Å². The number of benzene rings is 1. The molecule has 2 rings (SSSR count). The third-order valence-electron chi connectivity index (χ3n) is 3.16. The summed E-state index contributed by atoms with van der Waals surface area (Å²) in [6.07, 6.45) is 1.11. The Labute approximate surface area is 117 Å². The van der Waals surface area contributed by atoms with E-state index in [1.807, 2.05) is 24.3 Å². The van der Waals surface area contributed by atoms with Crippen LogP contribution in [0.2, 0.25) is 0 Å². The molecule has 1 atom stereocenters. The second kappa shape index (κ2) is 6.06. The average molecular weight is 281 g/mol. The molecule has 1 aliphatic rings. The van der Waals surface area contributed by atoms with Crippen molar-refractivity contribution in [2.45, 2.75) is 19.8 Å². The summed E-state index contributed by atoms with van der Waals surface area (Å²) in [6, 6.07) is 7.43. The molecule has 102 valence electrons. The minimum atomic E-state index is -0.367. The molecule has 1 aromatic rings. The number of imide groups is 1. The van der Waals surface area contributed by atoms with Crippen LogP contribution in [0.5, 0.6) is 0 Å². The molecule has 19 heavy (non-hydrogen) atoms. The van der Waals surface area contributed by atoms with Crippen LogP contribution in [0.3, 0.4) is 0 Å². The Hall–Kier alpha value is -1.55. The predicted molar refractivity (Wildman–Crippen MR) is 75.5 cm³/mol. The highest BCUT2D eigenvalue weighted by Gasteiger charge is 2.26. The molecular weight excluding hydrogens is 264 g/mol. The Morgan fingerprint density at radius 1 is 1.42 bits per heavy atom. The second-order valence-corrected chi connectivity index (χ2v) is 5.22. The minimum absolute atomic E-state index is 0.151. The van der Waals surface area contributed by atoms with Crippen molar-refractivity contribution in [1.82, 2.24) is 5.32 Å². The maximum Gasteiger partial charge on any atom is 0.328 e. The van der Waals surface area contributed by atoms with Crippen molar-refractivity contribution < 1.29 is 9.59 Å². The summed E-state index contributed by atoms with van der Waals surface area (Å²) in [5.41, 5.74) is 2.03. The van der Waals surface area contributed by atoms with Gasteiger partial charge in [0.15, 0.2) is 0 Å². The summed E-state index contributed by atoms with van der Waals surface area (Å²) in [5.74, 6) is 0.256. The normalized spacial score (nSPS) is 17.8. The number of halogens is 1. The van der Waals surface area contributed by atoms with Crippen molar-refractivity contribution in [3.05, 3.63) is 29.8 Å². The molecule has 0 radical (unpaired) electrons. The topological polar surface area (TPSA) is 49.4 Å². The zero-order valence-electron chi connectivity index (χ0n) is 10.9. The molecule has 0 saturated carbocycles. The van der Waals surface area contributed by atoms with Crippen molar-refractivity contribution >= 4 is 29.2 Å². The summed E-state index contributed by atoms with van der Waals surface area (Å²) < 4.78 is 0. The van der Waals surface area contributed by atoms with Gasteiger partial charge in [0.1, 0.15) is 0 Å². The van der Waals surface area contributed by atoms with Crippen LogP contribution in [-0.2, 0) is 11.2 Å². The van der Waals surface area contributed by atoms with Crippen LogP contribution >= 0.6 is 11.6 Å². The predicted octanol–water partition coefficient (Wildman–Crippen LogP) is 2.55. The fraction of sp³-hybridized carbons (Fsp3) is 0.429. The fourth-order valence-electron chi connectivity index (χ4n) is 2.32. The lowest BCUT2D eigenvalue weighted by atomic mass is 9.94. The number of urea groups is 1. The number of anilines is 1. The van der Waals surface area contributed by atoms with Crippen LogP contribution < -0.4 is 10.2 Å². The van der Waals surface area contributed by atoms with E-state index in [1.165, 1.54) is 0 Å². The highest BCUT2D eigenvalue weighted by molar-refractivity contribution is 6.19. The van der Waals surface area contributed by atoms with Gasteiger partial charge in [0.25, 0.3) is 0 Å². The molecule has 3 amide bonds. The van der Waals surface area contributed by atoms with Gasteiger partial charge in [-0.3, -0.25) is 15.0 Å². The van der Waals surface area contributed by atoms with Crippen LogP contribution in [0.4, 0.5) is 10.5 Å². The number of hydrogen-bond acceptors (Lipinski definition) is 2. The second-order valence-electron chi connectivity index (χ2n) is 4.84. The third kappa shape index (κ3) is 3.26. The molecule has 0 saturated heterocycles. The first-order chi connectivity index (χ1) is 9.11. The molecule has 1 unspecified atom stereocenters. The van der Waals surface area contributed by atoms with Crippen molar-refractivity contribution in [3.8, 4) is 0 Å². The number of alkyl halides is 1. The first kappa shape index (κ1) is 13.9. The third-order valence-corrected chi connectivity index (χ3v) is 3.35. The minimum Gasteiger partial charge on any atom is -0.294 e. The van der Waals surface area contributed by atoms with Gasteiger partial charge < -0.3 is 0 Å². The van der Waals surface area contributed by atoms with E-state index < -0.39 is 0 Å². The largest absolute Gasteiger partial charge is 0.328 e. The molecule has 0 aromatic heterocycles. The zero-order valence-corrected chi connectivity index (χ0v) is 11.6. The van der Waals surface area contributed by atoms with Gasteiger partial charge in [-0.15, -0.1) is 11.6 Å². The summed E-state index contributed by atoms with van der Waals surface area (Å²) in [7, 11) is 0. The standard InChI is InChI=1S/C14H17ClN2O2/c1-10-8-11-4-2-3-5-12(11)17(9-10)14(19)16-13(18)6-7-15/h2-5,10H,6-9H2,1H3,(H,16,18,19). The molecule has 5 heteroatoms. The van der Waals surface area contributed by atoms with Gasteiger partial charge in [-0.1, -0.05) is 25.1 Å². The molecule has 0 fully saturated rings. The Kier molecular flexibility index (Phi) is 4.43. The fourth-order valence-corrected chi connectivity index (χ4v) is 2.50. The van der Waals surface area contributed by atoms with E-state index in [-0.39, 0.29) is 24.2 Å². The van der Waals surface area contributed by atoms with E-state index in [1.54, 1.807) is 4.90 Å². The lowest BCUT2D eigenvalue weighted by molar-refractivity contribution is -0.119. The van der Waals surface area contributed by atoms with Crippen molar-refractivity contribution in [1.29, 1.82) is 0 Å². The van der Waals surface area contributed by atoms with Gasteiger partial charge in [-0.05, 0) is 24.0 Å². The number of rotatable bonds is 2. The molecule has 1 aromatic carbocycles. The smallest absolute Gasteiger partial charge is 0.294 e. The van der Waals surface area contributed by atoms with E-state index in [4.69, 9.17) is 11.6 Å². The Morgan fingerprint density at radius 3 is 2.89 bits per heavy atom. The van der Waals surface area contributed by atoms with Crippen LogP contribution in [0.1, 0.15) is 18.9 Å². The van der Waals surface area contributed by atoms with Crippen LogP contribution in [0.15, 0.2) is 24.3 Å². The van der Waals surface area contributed by atoms with Crippen molar-refractivity contribution in [3.63, 3.8) is 0 Å². The van der Waals surface area contributed by atoms with E-state index in [9.17, 15) is 9.59 Å². The summed E-state index contributed by atoms with van der Waals surface area (Å²) >= 11 is 5.48. The molecule has 1 heterocycles.